The van der Waals surface area contributed by atoms with Crippen molar-refractivity contribution in [1.82, 2.24) is 14.9 Å². The van der Waals surface area contributed by atoms with Crippen molar-refractivity contribution in [3.05, 3.63) is 23.7 Å². The number of nitrogens with zero attached hydrogens (tertiary/aromatic N) is 4. The number of hydrogen-bond donors (Lipinski definition) is 0. The van der Waals surface area contributed by atoms with Gasteiger partial charge in [0.15, 0.2) is 5.58 Å². The second-order valence-electron chi connectivity index (χ2n) is 10.2. The molecule has 4 aliphatic rings. The number of thiazole rings is 1. The third-order valence-electron chi connectivity index (χ3n) is 6.54. The highest BCUT2D eigenvalue weighted by atomic mass is 32.1. The normalized spacial score (nSPS) is 22.8. The Labute approximate surface area is 196 Å². The van der Waals surface area contributed by atoms with Crippen molar-refractivity contribution >= 4 is 34.5 Å². The van der Waals surface area contributed by atoms with Crippen LogP contribution in [0.25, 0.3) is 21.7 Å². The molecule has 2 unspecified atom stereocenters. The van der Waals surface area contributed by atoms with Crippen LogP contribution in [0.5, 0.6) is 5.75 Å². The van der Waals surface area contributed by atoms with Crippen molar-refractivity contribution in [2.75, 3.05) is 18.0 Å². The molecule has 5 heterocycles. The van der Waals surface area contributed by atoms with Crippen molar-refractivity contribution in [2.45, 2.75) is 70.2 Å². The zero-order valence-corrected chi connectivity index (χ0v) is 19.9. The number of piperidine rings is 1. The van der Waals surface area contributed by atoms with Crippen LogP contribution < -0.4 is 9.64 Å². The van der Waals surface area contributed by atoms with Crippen LogP contribution in [0.15, 0.2) is 28.1 Å². The maximum atomic E-state index is 12.6. The van der Waals surface area contributed by atoms with Gasteiger partial charge in [-0.15, -0.1) is 11.3 Å². The van der Waals surface area contributed by atoms with Gasteiger partial charge >= 0.3 is 6.09 Å². The number of aromatic nitrogens is 2. The van der Waals surface area contributed by atoms with E-state index in [2.05, 4.69) is 9.88 Å². The summed E-state index contributed by atoms with van der Waals surface area (Å²) >= 11 is 1.57. The zero-order chi connectivity index (χ0) is 22.7. The number of carbonyl (C=O) groups is 1. The molecule has 3 aliphatic heterocycles. The van der Waals surface area contributed by atoms with Gasteiger partial charge in [-0.1, -0.05) is 0 Å². The van der Waals surface area contributed by atoms with Gasteiger partial charge in [0.2, 0.25) is 0 Å². The summed E-state index contributed by atoms with van der Waals surface area (Å²) in [6.07, 6.45) is 6.25. The van der Waals surface area contributed by atoms with E-state index in [1.165, 1.54) is 6.42 Å². The average Bonchev–Trinajstić information content (AvgIpc) is 3.38. The molecule has 3 saturated heterocycles. The smallest absolute Gasteiger partial charge is 0.410 e. The van der Waals surface area contributed by atoms with E-state index in [-0.39, 0.29) is 24.3 Å². The number of oxazole rings is 1. The highest BCUT2D eigenvalue weighted by Crippen LogP contribution is 2.40. The van der Waals surface area contributed by atoms with Gasteiger partial charge in [-0.25, -0.2) is 9.78 Å². The summed E-state index contributed by atoms with van der Waals surface area (Å²) in [5.74, 6) is 0.815. The first-order valence-corrected chi connectivity index (χ1v) is 12.5. The third kappa shape index (κ3) is 3.82. The first-order valence-electron chi connectivity index (χ1n) is 11.6. The molecule has 2 bridgehead atoms. The summed E-state index contributed by atoms with van der Waals surface area (Å²) in [7, 11) is 0. The van der Waals surface area contributed by atoms with E-state index in [4.69, 9.17) is 18.9 Å². The summed E-state index contributed by atoms with van der Waals surface area (Å²) in [6, 6.07) is 4.80. The summed E-state index contributed by atoms with van der Waals surface area (Å²) < 4.78 is 18.1. The van der Waals surface area contributed by atoms with Crippen molar-refractivity contribution in [2.24, 2.45) is 0 Å². The van der Waals surface area contributed by atoms with E-state index >= 15 is 0 Å². The number of piperazine rings is 1. The molecule has 1 saturated carbocycles. The van der Waals surface area contributed by atoms with Gasteiger partial charge in [-0.3, -0.25) is 4.90 Å². The molecule has 4 fully saturated rings. The number of ether oxygens (including phenoxy) is 2. The van der Waals surface area contributed by atoms with Crippen LogP contribution in [0, 0.1) is 0 Å². The average molecular weight is 469 g/mol. The van der Waals surface area contributed by atoms with Crippen LogP contribution in [-0.2, 0) is 4.74 Å². The number of rotatable bonds is 4. The predicted molar refractivity (Wildman–Crippen MR) is 126 cm³/mol. The molecule has 1 aliphatic carbocycles. The Hall–Kier alpha value is -2.81. The molecular formula is C24H28N4O4S. The lowest BCUT2D eigenvalue weighted by Gasteiger charge is -2.55. The molecule has 9 heteroatoms. The number of fused-ring (bicyclic) bond motifs is 3. The minimum atomic E-state index is -0.494. The van der Waals surface area contributed by atoms with Gasteiger partial charge < -0.3 is 18.8 Å². The van der Waals surface area contributed by atoms with Gasteiger partial charge in [-0.2, -0.15) is 4.98 Å². The molecule has 0 radical (unpaired) electrons. The monoisotopic (exact) mass is 468 g/mol. The summed E-state index contributed by atoms with van der Waals surface area (Å²) in [4.78, 5) is 25.9. The number of anilines is 1. The standard InChI is InChI=1S/C24H28N4O4S/c1-24(2,3)32-23(29)28-14-9-15(28)13-27(12-14)22-26-19-11-17(30-16-5-4-6-16)10-18(20(19)31-22)21-25-7-8-33-21/h7-8,10-11,14-16H,4-6,9,12-13H2,1-3H3. The van der Waals surface area contributed by atoms with E-state index in [9.17, 15) is 4.79 Å². The fourth-order valence-corrected chi connectivity index (χ4v) is 5.42. The molecule has 33 heavy (non-hydrogen) atoms. The first kappa shape index (κ1) is 20.8. The van der Waals surface area contributed by atoms with Crippen LogP contribution in [0.1, 0.15) is 46.5 Å². The quantitative estimate of drug-likeness (QED) is 0.528. The molecule has 2 atom stereocenters. The molecule has 1 amide bonds. The van der Waals surface area contributed by atoms with Gasteiger partial charge in [0.05, 0.1) is 23.8 Å². The second-order valence-corrected chi connectivity index (χ2v) is 11.1. The van der Waals surface area contributed by atoms with Crippen LogP contribution in [-0.4, -0.2) is 57.8 Å². The van der Waals surface area contributed by atoms with Gasteiger partial charge in [0, 0.05) is 30.7 Å². The number of benzene rings is 1. The maximum absolute atomic E-state index is 12.6. The Morgan fingerprint density at radius 3 is 2.64 bits per heavy atom. The van der Waals surface area contributed by atoms with Crippen LogP contribution in [0.2, 0.25) is 0 Å². The molecule has 2 aromatic heterocycles. The highest BCUT2D eigenvalue weighted by Gasteiger charge is 2.49. The summed E-state index contributed by atoms with van der Waals surface area (Å²) in [5, 5.41) is 2.85. The summed E-state index contributed by atoms with van der Waals surface area (Å²) in [6.45, 7) is 7.05. The van der Waals surface area contributed by atoms with Gasteiger partial charge in [0.1, 0.15) is 21.9 Å². The Balaban J connectivity index is 1.27. The molecule has 7 rings (SSSR count). The van der Waals surface area contributed by atoms with Crippen molar-refractivity contribution in [3.8, 4) is 16.3 Å². The SMILES string of the molecule is CC(C)(C)OC(=O)N1C2CC1CN(c1nc3cc(OC4CCC4)cc(-c4nccs4)c3o1)C2. The molecular weight excluding hydrogens is 440 g/mol. The van der Waals surface area contributed by atoms with E-state index in [0.29, 0.717) is 19.1 Å². The Morgan fingerprint density at radius 2 is 2.00 bits per heavy atom. The second kappa shape index (κ2) is 7.62. The molecule has 0 N–H and O–H groups in total. The Kier molecular flexibility index (Phi) is 4.79. The highest BCUT2D eigenvalue weighted by molar-refractivity contribution is 7.13. The minimum Gasteiger partial charge on any atom is -0.490 e. The van der Waals surface area contributed by atoms with Crippen molar-refractivity contribution < 1.29 is 18.7 Å². The van der Waals surface area contributed by atoms with Crippen molar-refractivity contribution in [1.29, 1.82) is 0 Å². The fourth-order valence-electron chi connectivity index (χ4n) is 4.77. The largest absolute Gasteiger partial charge is 0.490 e. The Bertz CT molecular complexity index is 1170. The van der Waals surface area contributed by atoms with Crippen LogP contribution in [0.3, 0.4) is 0 Å². The lowest BCUT2D eigenvalue weighted by Crippen LogP contribution is -2.70. The van der Waals surface area contributed by atoms with Crippen LogP contribution >= 0.6 is 11.3 Å². The topological polar surface area (TPSA) is 80.9 Å². The lowest BCUT2D eigenvalue weighted by atomic mass is 9.88. The van der Waals surface area contributed by atoms with Gasteiger partial charge in [0.25, 0.3) is 6.01 Å². The predicted octanol–water partition coefficient (Wildman–Crippen LogP) is 5.08. The molecule has 3 aromatic rings. The third-order valence-corrected chi connectivity index (χ3v) is 7.34. The minimum absolute atomic E-state index is 0.115. The van der Waals surface area contributed by atoms with E-state index in [1.807, 2.05) is 43.2 Å². The number of hydrogen-bond acceptors (Lipinski definition) is 8. The van der Waals surface area contributed by atoms with E-state index in [1.54, 1.807) is 17.5 Å². The first-order chi connectivity index (χ1) is 15.8. The van der Waals surface area contributed by atoms with E-state index in [0.717, 1.165) is 46.7 Å². The fraction of sp³-hybridized carbons (Fsp3) is 0.542. The van der Waals surface area contributed by atoms with E-state index < -0.39 is 5.60 Å². The lowest BCUT2D eigenvalue weighted by molar-refractivity contribution is -0.0386. The Morgan fingerprint density at radius 1 is 1.21 bits per heavy atom. The van der Waals surface area contributed by atoms with Crippen molar-refractivity contribution in [3.63, 3.8) is 0 Å². The number of carbonyl (C=O) groups excluding carboxylic acids is 1. The number of amides is 1. The molecule has 174 valence electrons. The van der Waals surface area contributed by atoms with Crippen LogP contribution in [0.4, 0.5) is 10.8 Å². The molecule has 8 nitrogen and oxygen atoms in total. The molecule has 0 spiro atoms. The molecule has 1 aromatic carbocycles. The van der Waals surface area contributed by atoms with Gasteiger partial charge in [-0.05, 0) is 52.5 Å². The summed E-state index contributed by atoms with van der Waals surface area (Å²) in [5.41, 5.74) is 1.92. The zero-order valence-electron chi connectivity index (χ0n) is 19.1. The maximum Gasteiger partial charge on any atom is 0.410 e.